The maximum Gasteiger partial charge on any atom is 0.306 e. The fourth-order valence-corrected chi connectivity index (χ4v) is 2.48. The van der Waals surface area contributed by atoms with Crippen LogP contribution >= 0.6 is 0 Å². The highest BCUT2D eigenvalue weighted by molar-refractivity contribution is 5.73. The minimum absolute atomic E-state index is 0.0840. The summed E-state index contributed by atoms with van der Waals surface area (Å²) in [6, 6.07) is 0. The van der Waals surface area contributed by atoms with E-state index in [1.54, 1.807) is 0 Å². The Labute approximate surface area is 97.0 Å². The van der Waals surface area contributed by atoms with Crippen LogP contribution in [0.4, 0.5) is 0 Å². The van der Waals surface area contributed by atoms with Crippen LogP contribution in [0.5, 0.6) is 0 Å². The van der Waals surface area contributed by atoms with Crippen molar-refractivity contribution in [3.05, 3.63) is 23.8 Å². The topological polar surface area (TPSA) is 37.3 Å². The molecule has 0 bridgehead atoms. The number of carboxylic acid groups (broad SMARTS) is 1. The molecule has 1 N–H and O–H groups in total. The molecule has 3 unspecified atom stereocenters. The summed E-state index contributed by atoms with van der Waals surface area (Å²) in [6.45, 7) is 6.63. The first-order valence-electron chi connectivity index (χ1n) is 6.01. The summed E-state index contributed by atoms with van der Waals surface area (Å²) in [7, 11) is 0. The van der Waals surface area contributed by atoms with Gasteiger partial charge in [0.2, 0.25) is 0 Å². The molecule has 2 rings (SSSR count). The van der Waals surface area contributed by atoms with Gasteiger partial charge < -0.3 is 5.11 Å². The van der Waals surface area contributed by atoms with Gasteiger partial charge in [0.1, 0.15) is 0 Å². The zero-order valence-corrected chi connectivity index (χ0v) is 10.2. The third-order valence-electron chi connectivity index (χ3n) is 3.71. The SMILES string of the molecule is CC(C)(C)C1=CCC(C2CC2C(=O)O)C=C1. The molecule has 0 heterocycles. The van der Waals surface area contributed by atoms with Gasteiger partial charge in [-0.2, -0.15) is 0 Å². The molecule has 0 aromatic rings. The van der Waals surface area contributed by atoms with E-state index < -0.39 is 5.97 Å². The molecule has 88 valence electrons. The summed E-state index contributed by atoms with van der Waals surface area (Å²) in [6.07, 6.45) is 8.56. The van der Waals surface area contributed by atoms with Gasteiger partial charge in [-0.15, -0.1) is 0 Å². The van der Waals surface area contributed by atoms with E-state index in [0.717, 1.165) is 12.8 Å². The highest BCUT2D eigenvalue weighted by atomic mass is 16.4. The molecule has 0 amide bonds. The summed E-state index contributed by atoms with van der Waals surface area (Å²) in [5.41, 5.74) is 1.58. The molecule has 0 aliphatic heterocycles. The standard InChI is InChI=1S/C14H20O2/c1-14(2,3)10-6-4-9(5-7-10)11-8-12(11)13(15)16/h4,6-7,9,11-12H,5,8H2,1-3H3,(H,15,16). The van der Waals surface area contributed by atoms with Crippen LogP contribution in [-0.2, 0) is 4.79 Å². The number of aliphatic carboxylic acids is 1. The summed E-state index contributed by atoms with van der Waals surface area (Å²) in [5.74, 6) is 0.127. The Kier molecular flexibility index (Phi) is 2.69. The molecule has 1 fully saturated rings. The third-order valence-corrected chi connectivity index (χ3v) is 3.71. The number of rotatable bonds is 2. The average Bonchev–Trinajstić information content (AvgIpc) is 2.96. The smallest absolute Gasteiger partial charge is 0.306 e. The van der Waals surface area contributed by atoms with Crippen molar-refractivity contribution in [2.75, 3.05) is 0 Å². The molecule has 16 heavy (non-hydrogen) atoms. The summed E-state index contributed by atoms with van der Waals surface area (Å²) in [4.78, 5) is 10.8. The van der Waals surface area contributed by atoms with Gasteiger partial charge in [0.15, 0.2) is 0 Å². The van der Waals surface area contributed by atoms with Crippen molar-refractivity contribution >= 4 is 5.97 Å². The van der Waals surface area contributed by atoms with Crippen LogP contribution in [0.1, 0.15) is 33.6 Å². The fraction of sp³-hybridized carbons (Fsp3) is 0.643. The van der Waals surface area contributed by atoms with Gasteiger partial charge in [0.05, 0.1) is 5.92 Å². The fourth-order valence-electron chi connectivity index (χ4n) is 2.48. The maximum atomic E-state index is 10.8. The minimum Gasteiger partial charge on any atom is -0.481 e. The monoisotopic (exact) mass is 220 g/mol. The lowest BCUT2D eigenvalue weighted by molar-refractivity contribution is -0.139. The van der Waals surface area contributed by atoms with Crippen LogP contribution in [-0.4, -0.2) is 11.1 Å². The lowest BCUT2D eigenvalue weighted by Crippen LogP contribution is -2.13. The van der Waals surface area contributed by atoms with Crippen LogP contribution in [0.2, 0.25) is 0 Å². The van der Waals surface area contributed by atoms with E-state index in [4.69, 9.17) is 5.11 Å². The predicted molar refractivity (Wildman–Crippen MR) is 64.0 cm³/mol. The number of hydrogen-bond donors (Lipinski definition) is 1. The summed E-state index contributed by atoms with van der Waals surface area (Å²) >= 11 is 0. The maximum absolute atomic E-state index is 10.8. The molecule has 0 radical (unpaired) electrons. The summed E-state index contributed by atoms with van der Waals surface area (Å²) in [5, 5.41) is 8.90. The van der Waals surface area contributed by atoms with Crippen molar-refractivity contribution in [1.82, 2.24) is 0 Å². The lowest BCUT2D eigenvalue weighted by Gasteiger charge is -2.25. The first-order chi connectivity index (χ1) is 7.39. The van der Waals surface area contributed by atoms with Gasteiger partial charge in [-0.1, -0.05) is 39.0 Å². The second-order valence-electron chi connectivity index (χ2n) is 6.01. The molecule has 0 aromatic heterocycles. The number of carbonyl (C=O) groups is 1. The van der Waals surface area contributed by atoms with Gasteiger partial charge in [-0.25, -0.2) is 0 Å². The van der Waals surface area contributed by atoms with Crippen molar-refractivity contribution < 1.29 is 9.90 Å². The van der Waals surface area contributed by atoms with E-state index in [1.807, 2.05) is 0 Å². The van der Waals surface area contributed by atoms with Crippen LogP contribution < -0.4 is 0 Å². The van der Waals surface area contributed by atoms with Crippen LogP contribution in [0.15, 0.2) is 23.8 Å². The first kappa shape index (κ1) is 11.4. The normalized spacial score (nSPS) is 33.4. The van der Waals surface area contributed by atoms with Crippen molar-refractivity contribution in [2.24, 2.45) is 23.2 Å². The third kappa shape index (κ3) is 2.21. The molecule has 0 spiro atoms. The molecule has 0 aromatic carbocycles. The molecule has 2 nitrogen and oxygen atoms in total. The van der Waals surface area contributed by atoms with Crippen LogP contribution in [0, 0.1) is 23.2 Å². The zero-order valence-electron chi connectivity index (χ0n) is 10.2. The first-order valence-corrected chi connectivity index (χ1v) is 6.01. The molecular formula is C14H20O2. The van der Waals surface area contributed by atoms with E-state index in [9.17, 15) is 4.79 Å². The lowest BCUT2D eigenvalue weighted by atomic mass is 9.80. The Balaban J connectivity index is 1.95. The number of allylic oxidation sites excluding steroid dienone is 4. The number of carboxylic acids is 1. The predicted octanol–water partition coefficient (Wildman–Crippen LogP) is 3.26. The molecule has 0 saturated heterocycles. The zero-order chi connectivity index (χ0) is 11.9. The Morgan fingerprint density at radius 1 is 1.44 bits per heavy atom. The van der Waals surface area contributed by atoms with Gasteiger partial charge in [-0.05, 0) is 35.7 Å². The van der Waals surface area contributed by atoms with Crippen molar-refractivity contribution in [3.8, 4) is 0 Å². The Hall–Kier alpha value is -1.05. The highest BCUT2D eigenvalue weighted by Gasteiger charge is 2.47. The quantitative estimate of drug-likeness (QED) is 0.775. The Bertz CT molecular complexity index is 357. The molecule has 1 saturated carbocycles. The largest absolute Gasteiger partial charge is 0.481 e. The second-order valence-corrected chi connectivity index (χ2v) is 6.01. The van der Waals surface area contributed by atoms with Crippen LogP contribution in [0.25, 0.3) is 0 Å². The van der Waals surface area contributed by atoms with Crippen LogP contribution in [0.3, 0.4) is 0 Å². The van der Waals surface area contributed by atoms with Gasteiger partial charge in [-0.3, -0.25) is 4.79 Å². The van der Waals surface area contributed by atoms with Gasteiger partial charge in [0.25, 0.3) is 0 Å². The highest BCUT2D eigenvalue weighted by Crippen LogP contribution is 2.48. The van der Waals surface area contributed by atoms with E-state index in [1.165, 1.54) is 5.57 Å². The number of hydrogen-bond acceptors (Lipinski definition) is 1. The Morgan fingerprint density at radius 2 is 2.12 bits per heavy atom. The molecule has 3 atom stereocenters. The van der Waals surface area contributed by atoms with Crippen molar-refractivity contribution in [2.45, 2.75) is 33.6 Å². The average molecular weight is 220 g/mol. The molecular weight excluding hydrogens is 200 g/mol. The van der Waals surface area contributed by atoms with Gasteiger partial charge in [0, 0.05) is 0 Å². The van der Waals surface area contributed by atoms with Crippen molar-refractivity contribution in [1.29, 1.82) is 0 Å². The summed E-state index contributed by atoms with van der Waals surface area (Å²) < 4.78 is 0. The van der Waals surface area contributed by atoms with Crippen molar-refractivity contribution in [3.63, 3.8) is 0 Å². The van der Waals surface area contributed by atoms with E-state index >= 15 is 0 Å². The minimum atomic E-state index is -0.621. The van der Waals surface area contributed by atoms with Gasteiger partial charge >= 0.3 is 5.97 Å². The molecule has 2 heteroatoms. The van der Waals surface area contributed by atoms with E-state index in [-0.39, 0.29) is 11.3 Å². The van der Waals surface area contributed by atoms with E-state index in [2.05, 4.69) is 39.0 Å². The second kappa shape index (κ2) is 3.76. The Morgan fingerprint density at radius 3 is 2.50 bits per heavy atom. The molecule has 2 aliphatic rings. The van der Waals surface area contributed by atoms with E-state index in [0.29, 0.717) is 11.8 Å². The molecule has 2 aliphatic carbocycles.